The van der Waals surface area contributed by atoms with Gasteiger partial charge >= 0.3 is 0 Å². The molecule has 0 aromatic heterocycles. The lowest BCUT2D eigenvalue weighted by molar-refractivity contribution is -0.313. The summed E-state index contributed by atoms with van der Waals surface area (Å²) < 4.78 is 6.64. The van der Waals surface area contributed by atoms with Crippen LogP contribution in [0.25, 0.3) is 0 Å². The molecule has 196 valence electrons. The third-order valence-corrected chi connectivity index (χ3v) is 12.6. The minimum Gasteiger partial charge on any atom is -0.390 e. The van der Waals surface area contributed by atoms with Gasteiger partial charge in [0.1, 0.15) is 18.0 Å². The highest BCUT2D eigenvalue weighted by atomic mass is 16.5. The van der Waals surface area contributed by atoms with Crippen molar-refractivity contribution in [2.75, 3.05) is 6.61 Å². The summed E-state index contributed by atoms with van der Waals surface area (Å²) in [6.07, 6.45) is 3.88. The van der Waals surface area contributed by atoms with Gasteiger partial charge in [-0.3, -0.25) is 14.4 Å². The minimum absolute atomic E-state index is 0.119. The van der Waals surface area contributed by atoms with Crippen LogP contribution in [0.5, 0.6) is 0 Å². The van der Waals surface area contributed by atoms with Crippen molar-refractivity contribution >= 4 is 17.3 Å². The zero-order chi connectivity index (χ0) is 26.2. The molecule has 1 heterocycles. The Balaban J connectivity index is 1.64. The van der Waals surface area contributed by atoms with E-state index in [2.05, 4.69) is 0 Å². The lowest BCUT2D eigenvalue weighted by atomic mass is 9.35. The number of Topliss-reactive ketones (excluding diaryl/α,β-unsaturated/α-hetero) is 2. The van der Waals surface area contributed by atoms with E-state index >= 15 is 0 Å². The van der Waals surface area contributed by atoms with Crippen molar-refractivity contribution in [3.8, 4) is 0 Å². The number of allylic oxidation sites excluding steroid dienone is 1. The third-order valence-electron chi connectivity index (χ3n) is 12.6. The summed E-state index contributed by atoms with van der Waals surface area (Å²) in [6, 6.07) is 0. The highest BCUT2D eigenvalue weighted by Crippen LogP contribution is 2.76. The number of ether oxygens (including phenoxy) is 1. The molecule has 0 amide bonds. The van der Waals surface area contributed by atoms with Crippen molar-refractivity contribution < 1.29 is 34.4 Å². The molecule has 6 aliphatic rings. The van der Waals surface area contributed by atoms with Crippen molar-refractivity contribution in [2.24, 2.45) is 40.4 Å². The fourth-order valence-electron chi connectivity index (χ4n) is 10.3. The van der Waals surface area contributed by atoms with E-state index in [-0.39, 0.29) is 54.6 Å². The first-order chi connectivity index (χ1) is 16.7. The number of aliphatic hydroxyl groups is 3. The van der Waals surface area contributed by atoms with E-state index in [0.29, 0.717) is 30.4 Å². The number of aliphatic hydroxyl groups excluding tert-OH is 1. The van der Waals surface area contributed by atoms with Crippen LogP contribution in [0.15, 0.2) is 23.3 Å². The number of ketones is 3. The molecule has 4 saturated carbocycles. The highest BCUT2D eigenvalue weighted by molar-refractivity contribution is 6.00. The molecule has 7 nitrogen and oxygen atoms in total. The Hall–Kier alpha value is -1.67. The Morgan fingerprint density at radius 2 is 1.75 bits per heavy atom. The molecule has 0 bridgehead atoms. The molecular weight excluding hydrogens is 460 g/mol. The van der Waals surface area contributed by atoms with Crippen molar-refractivity contribution in [3.63, 3.8) is 0 Å². The highest BCUT2D eigenvalue weighted by Gasteiger charge is 2.82. The van der Waals surface area contributed by atoms with Gasteiger partial charge in [0, 0.05) is 11.3 Å². The lowest BCUT2D eigenvalue weighted by Crippen LogP contribution is -2.79. The molecule has 7 heteroatoms. The van der Waals surface area contributed by atoms with E-state index in [1.54, 1.807) is 26.8 Å². The Morgan fingerprint density at radius 3 is 2.44 bits per heavy atom. The first kappa shape index (κ1) is 24.7. The van der Waals surface area contributed by atoms with Crippen molar-refractivity contribution in [3.05, 3.63) is 23.3 Å². The number of carbonyl (C=O) groups excluding carboxylic acids is 3. The molecule has 36 heavy (non-hydrogen) atoms. The van der Waals surface area contributed by atoms with Gasteiger partial charge < -0.3 is 20.1 Å². The maximum Gasteiger partial charge on any atom is 0.184 e. The fourth-order valence-corrected chi connectivity index (χ4v) is 10.3. The average molecular weight is 499 g/mol. The number of hydrogen-bond donors (Lipinski definition) is 3. The molecule has 11 atom stereocenters. The second-order valence-electron chi connectivity index (χ2n) is 13.1. The van der Waals surface area contributed by atoms with Gasteiger partial charge in [0.15, 0.2) is 11.6 Å². The van der Waals surface area contributed by atoms with E-state index in [9.17, 15) is 29.7 Å². The summed E-state index contributed by atoms with van der Waals surface area (Å²) in [5.41, 5.74) is -5.07. The zero-order valence-electron chi connectivity index (χ0n) is 21.8. The normalized spacial score (nSPS) is 56.1. The van der Waals surface area contributed by atoms with Gasteiger partial charge in [0.2, 0.25) is 0 Å². The van der Waals surface area contributed by atoms with Crippen molar-refractivity contribution in [1.82, 2.24) is 0 Å². The van der Waals surface area contributed by atoms with E-state index in [4.69, 9.17) is 4.74 Å². The van der Waals surface area contributed by atoms with Gasteiger partial charge in [0.25, 0.3) is 0 Å². The van der Waals surface area contributed by atoms with E-state index < -0.39 is 45.6 Å². The fraction of sp³-hybridized carbons (Fsp3) is 0.759. The second-order valence-corrected chi connectivity index (χ2v) is 13.1. The van der Waals surface area contributed by atoms with Crippen LogP contribution < -0.4 is 0 Å². The van der Waals surface area contributed by atoms with Gasteiger partial charge in [-0.15, -0.1) is 0 Å². The van der Waals surface area contributed by atoms with Crippen LogP contribution in [0.4, 0.5) is 0 Å². The summed E-state index contributed by atoms with van der Waals surface area (Å²) in [5, 5.41) is 35.5. The summed E-state index contributed by atoms with van der Waals surface area (Å²) in [6.45, 7) is 8.97. The van der Waals surface area contributed by atoms with Crippen LogP contribution in [0.3, 0.4) is 0 Å². The summed E-state index contributed by atoms with van der Waals surface area (Å²) in [5.74, 6) is -2.53. The summed E-state index contributed by atoms with van der Waals surface area (Å²) >= 11 is 0. The molecule has 4 fully saturated rings. The Bertz CT molecular complexity index is 1150. The molecule has 0 saturated heterocycles. The Morgan fingerprint density at radius 1 is 1.06 bits per heavy atom. The van der Waals surface area contributed by atoms with E-state index in [1.165, 1.54) is 6.08 Å². The van der Waals surface area contributed by atoms with Gasteiger partial charge in [-0.1, -0.05) is 25.5 Å². The van der Waals surface area contributed by atoms with Crippen LogP contribution >= 0.6 is 0 Å². The van der Waals surface area contributed by atoms with Gasteiger partial charge in [-0.2, -0.15) is 0 Å². The SMILES string of the molecule is CC1=C(C)[C@H]2C(=O)[C@@H](C)[C@]3(O)CCC4C5C[C@@H](O)[C@@]6(O)CC=CC(=O)[C@]6(C)C5C[C@@]2(OCC1=O)[C@@]43C. The topological polar surface area (TPSA) is 121 Å². The number of carbonyl (C=O) groups is 3. The average Bonchev–Trinajstić information content (AvgIpc) is 3.08. The number of fused-ring (bicyclic) bond motifs is 4. The first-order valence-electron chi connectivity index (χ1n) is 13.4. The lowest BCUT2D eigenvalue weighted by Gasteiger charge is -2.71. The van der Waals surface area contributed by atoms with Gasteiger partial charge in [-0.05, 0) is 82.3 Å². The molecule has 0 radical (unpaired) electrons. The van der Waals surface area contributed by atoms with Crippen LogP contribution in [-0.4, -0.2) is 62.2 Å². The van der Waals surface area contributed by atoms with E-state index in [1.807, 2.05) is 13.8 Å². The molecule has 1 aliphatic heterocycles. The number of rotatable bonds is 0. The standard InChI is InChI=1S/C29H38O7/c1-14-15(2)23-24(33)16(3)27(34)10-8-18-17-11-22(32)28(35)9-6-7-21(31)25(28,4)19(17)12-29(23,26(18,27)5)36-13-20(14)30/h6-7,16-19,22-23,32,34-35H,8-13H2,1-5H3/t16-,17?,18?,19?,22-,23+,25+,26+,27-,28+,29+/m1/s1. The molecule has 3 unspecified atom stereocenters. The first-order valence-corrected chi connectivity index (χ1v) is 13.4. The van der Waals surface area contributed by atoms with Gasteiger partial charge in [0.05, 0.1) is 28.6 Å². The monoisotopic (exact) mass is 498 g/mol. The minimum atomic E-state index is -1.62. The molecule has 1 spiro atoms. The number of hydrogen-bond acceptors (Lipinski definition) is 7. The molecule has 0 aromatic carbocycles. The Kier molecular flexibility index (Phi) is 4.82. The second kappa shape index (κ2) is 7.04. The zero-order valence-corrected chi connectivity index (χ0v) is 21.8. The molecule has 6 rings (SSSR count). The predicted molar refractivity (Wildman–Crippen MR) is 130 cm³/mol. The largest absolute Gasteiger partial charge is 0.390 e. The van der Waals surface area contributed by atoms with Crippen LogP contribution in [-0.2, 0) is 19.1 Å². The molecule has 0 aromatic rings. The maximum atomic E-state index is 14.1. The Labute approximate surface area is 212 Å². The maximum absolute atomic E-state index is 14.1. The van der Waals surface area contributed by atoms with Crippen molar-refractivity contribution in [1.29, 1.82) is 0 Å². The van der Waals surface area contributed by atoms with Gasteiger partial charge in [-0.25, -0.2) is 0 Å². The van der Waals surface area contributed by atoms with E-state index in [0.717, 1.165) is 0 Å². The molecular formula is C29H38O7. The van der Waals surface area contributed by atoms with Crippen LogP contribution in [0.1, 0.15) is 66.7 Å². The smallest absolute Gasteiger partial charge is 0.184 e. The van der Waals surface area contributed by atoms with Crippen molar-refractivity contribution in [2.45, 2.75) is 89.6 Å². The summed E-state index contributed by atoms with van der Waals surface area (Å²) in [4.78, 5) is 40.7. The third kappa shape index (κ3) is 2.31. The quantitative estimate of drug-likeness (QED) is 0.469. The van der Waals surface area contributed by atoms with Crippen LogP contribution in [0, 0.1) is 40.4 Å². The predicted octanol–water partition coefficient (Wildman–Crippen LogP) is 2.31. The summed E-state index contributed by atoms with van der Waals surface area (Å²) in [7, 11) is 0. The van der Waals surface area contributed by atoms with Crippen LogP contribution in [0.2, 0.25) is 0 Å². The molecule has 3 N–H and O–H groups in total. The molecule has 5 aliphatic carbocycles.